The van der Waals surface area contributed by atoms with E-state index in [4.69, 9.17) is 4.74 Å². The first-order valence-corrected chi connectivity index (χ1v) is 8.40. The molecule has 2 aliphatic heterocycles. The van der Waals surface area contributed by atoms with Crippen molar-refractivity contribution < 1.29 is 4.74 Å². The minimum absolute atomic E-state index is 0.931. The Morgan fingerprint density at radius 1 is 1.00 bits per heavy atom. The van der Waals surface area contributed by atoms with Crippen LogP contribution in [0.15, 0.2) is 11.8 Å². The van der Waals surface area contributed by atoms with Crippen LogP contribution in [0.25, 0.3) is 0 Å². The molecule has 0 aromatic heterocycles. The van der Waals surface area contributed by atoms with E-state index in [1.165, 1.54) is 25.9 Å². The molecule has 0 spiro atoms. The number of rotatable bonds is 4. The van der Waals surface area contributed by atoms with Gasteiger partial charge < -0.3 is 4.74 Å². The van der Waals surface area contributed by atoms with Crippen LogP contribution in [0, 0.1) is 13.0 Å². The van der Waals surface area contributed by atoms with Gasteiger partial charge >= 0.3 is 0 Å². The van der Waals surface area contributed by atoms with Crippen molar-refractivity contribution in [2.24, 2.45) is 0 Å². The van der Waals surface area contributed by atoms with Crippen LogP contribution in [0.3, 0.4) is 0 Å². The number of hydrogen-bond donors (Lipinski definition) is 0. The molecule has 0 amide bonds. The van der Waals surface area contributed by atoms with E-state index in [2.05, 4.69) is 48.5 Å². The molecular weight excluding hydrogens is 260 g/mol. The first-order chi connectivity index (χ1) is 10.4. The molecule has 0 unspecified atom stereocenters. The molecule has 0 aromatic rings. The summed E-state index contributed by atoms with van der Waals surface area (Å²) in [4.78, 5) is 4.87. The second kappa shape index (κ2) is 15.8. The lowest BCUT2D eigenvalue weighted by molar-refractivity contribution is 0.0380. The Bertz CT molecular complexity index is 264. The van der Waals surface area contributed by atoms with Crippen LogP contribution in [0.4, 0.5) is 0 Å². The summed E-state index contributed by atoms with van der Waals surface area (Å²) >= 11 is 0. The molecule has 0 aromatic carbocycles. The largest absolute Gasteiger partial charge is 0.379 e. The van der Waals surface area contributed by atoms with Crippen LogP contribution >= 0.6 is 0 Å². The SMILES string of the molecule is CCCN1CC=C=[C]CC1.CCCN1CCOCC1.[CH2]C. The van der Waals surface area contributed by atoms with Crippen molar-refractivity contribution in [3.05, 3.63) is 24.8 Å². The van der Waals surface area contributed by atoms with Crippen molar-refractivity contribution in [3.8, 4) is 0 Å². The molecule has 0 aliphatic carbocycles. The molecule has 1 saturated heterocycles. The normalized spacial score (nSPS) is 19.0. The number of nitrogens with zero attached hydrogens (tertiary/aromatic N) is 2. The van der Waals surface area contributed by atoms with E-state index >= 15 is 0 Å². The van der Waals surface area contributed by atoms with E-state index in [0.29, 0.717) is 0 Å². The van der Waals surface area contributed by atoms with Crippen molar-refractivity contribution in [1.82, 2.24) is 9.80 Å². The molecule has 21 heavy (non-hydrogen) atoms. The smallest absolute Gasteiger partial charge is 0.0594 e. The number of ether oxygens (including phenoxy) is 1. The van der Waals surface area contributed by atoms with Gasteiger partial charge in [-0.05, 0) is 38.4 Å². The van der Waals surface area contributed by atoms with E-state index in [1.54, 1.807) is 6.92 Å². The maximum absolute atomic E-state index is 5.20. The topological polar surface area (TPSA) is 15.7 Å². The predicted octanol–water partition coefficient (Wildman–Crippen LogP) is 3.19. The average Bonchev–Trinajstić information content (AvgIpc) is 2.81. The van der Waals surface area contributed by atoms with Gasteiger partial charge in [0.15, 0.2) is 0 Å². The van der Waals surface area contributed by atoms with Crippen molar-refractivity contribution in [3.63, 3.8) is 0 Å². The number of hydrogen-bond acceptors (Lipinski definition) is 3. The van der Waals surface area contributed by atoms with Crippen LogP contribution < -0.4 is 0 Å². The van der Waals surface area contributed by atoms with Gasteiger partial charge in [-0.1, -0.05) is 27.7 Å². The van der Waals surface area contributed by atoms with Crippen molar-refractivity contribution in [2.75, 3.05) is 52.5 Å². The summed E-state index contributed by atoms with van der Waals surface area (Å²) in [6.45, 7) is 18.2. The third-order valence-electron chi connectivity index (χ3n) is 3.29. The highest BCUT2D eigenvalue weighted by atomic mass is 16.5. The first-order valence-electron chi connectivity index (χ1n) is 8.40. The molecule has 2 aliphatic rings. The molecule has 1 fully saturated rings. The lowest BCUT2D eigenvalue weighted by atomic mass is 10.3. The van der Waals surface area contributed by atoms with Crippen molar-refractivity contribution in [1.29, 1.82) is 0 Å². The zero-order valence-corrected chi connectivity index (χ0v) is 14.4. The standard InChI is InChI=1S/C9H14N.C7H15NO.C2H5/c1-2-7-10-8-5-3-4-6-9-10;1-2-3-8-4-6-9-7-5-8;1-2/h5H,2,6-9H2,1H3;2-7H2,1H3;1H2,2H3. The van der Waals surface area contributed by atoms with E-state index < -0.39 is 0 Å². The second-order valence-corrected chi connectivity index (χ2v) is 5.03. The Balaban J connectivity index is 0.000000342. The summed E-state index contributed by atoms with van der Waals surface area (Å²) in [7, 11) is 0. The van der Waals surface area contributed by atoms with Crippen LogP contribution in [0.1, 0.15) is 40.0 Å². The zero-order chi connectivity index (χ0) is 15.8. The molecule has 0 atom stereocenters. The number of morpholine rings is 1. The monoisotopic (exact) mass is 294 g/mol. The summed E-state index contributed by atoms with van der Waals surface area (Å²) in [5.74, 6) is 0. The highest BCUT2D eigenvalue weighted by Crippen LogP contribution is 1.97. The molecule has 122 valence electrons. The van der Waals surface area contributed by atoms with Gasteiger partial charge in [-0.25, -0.2) is 0 Å². The Morgan fingerprint density at radius 2 is 1.62 bits per heavy atom. The highest BCUT2D eigenvalue weighted by Gasteiger charge is 2.07. The van der Waals surface area contributed by atoms with Gasteiger partial charge in [-0.15, -0.1) is 5.73 Å². The molecule has 2 radical (unpaired) electrons. The predicted molar refractivity (Wildman–Crippen MR) is 91.3 cm³/mol. The zero-order valence-electron chi connectivity index (χ0n) is 14.4. The summed E-state index contributed by atoms with van der Waals surface area (Å²) in [5.41, 5.74) is 3.02. The van der Waals surface area contributed by atoms with Gasteiger partial charge in [0, 0.05) is 32.3 Å². The lowest BCUT2D eigenvalue weighted by Gasteiger charge is -2.25. The third-order valence-corrected chi connectivity index (χ3v) is 3.29. The summed E-state index contributed by atoms with van der Waals surface area (Å²) in [6, 6.07) is 0. The fourth-order valence-corrected chi connectivity index (χ4v) is 2.28. The van der Waals surface area contributed by atoms with E-state index in [1.807, 2.05) is 0 Å². The molecule has 2 heterocycles. The molecule has 0 N–H and O–H groups in total. The Labute approximate surface area is 132 Å². The van der Waals surface area contributed by atoms with Crippen LogP contribution in [0.2, 0.25) is 0 Å². The van der Waals surface area contributed by atoms with E-state index in [9.17, 15) is 0 Å². The summed E-state index contributed by atoms with van der Waals surface area (Å²) in [5, 5.41) is 0. The van der Waals surface area contributed by atoms with Crippen molar-refractivity contribution >= 4 is 0 Å². The Kier molecular flexibility index (Phi) is 15.3. The lowest BCUT2D eigenvalue weighted by Crippen LogP contribution is -2.36. The van der Waals surface area contributed by atoms with Gasteiger partial charge in [0.1, 0.15) is 0 Å². The average molecular weight is 294 g/mol. The highest BCUT2D eigenvalue weighted by molar-refractivity contribution is 4.86. The van der Waals surface area contributed by atoms with E-state index in [0.717, 1.165) is 45.8 Å². The van der Waals surface area contributed by atoms with Crippen molar-refractivity contribution in [2.45, 2.75) is 40.0 Å². The van der Waals surface area contributed by atoms with Crippen LogP contribution in [-0.4, -0.2) is 62.3 Å². The maximum Gasteiger partial charge on any atom is 0.0594 e. The molecule has 3 heteroatoms. The fourth-order valence-electron chi connectivity index (χ4n) is 2.28. The second-order valence-electron chi connectivity index (χ2n) is 5.03. The minimum atomic E-state index is 0.931. The van der Waals surface area contributed by atoms with Gasteiger partial charge in [-0.2, -0.15) is 0 Å². The van der Waals surface area contributed by atoms with Crippen LogP contribution in [0.5, 0.6) is 0 Å². The minimum Gasteiger partial charge on any atom is -0.379 e. The summed E-state index contributed by atoms with van der Waals surface area (Å²) in [6.07, 6.45) is 8.69. The van der Waals surface area contributed by atoms with Crippen LogP contribution in [-0.2, 0) is 4.74 Å². The van der Waals surface area contributed by atoms with Gasteiger partial charge in [0.05, 0.1) is 13.2 Å². The quantitative estimate of drug-likeness (QED) is 0.741. The van der Waals surface area contributed by atoms with Gasteiger partial charge in [0.2, 0.25) is 0 Å². The Morgan fingerprint density at radius 3 is 2.24 bits per heavy atom. The summed E-state index contributed by atoms with van der Waals surface area (Å²) < 4.78 is 5.20. The third kappa shape index (κ3) is 11.7. The van der Waals surface area contributed by atoms with Gasteiger partial charge in [0.25, 0.3) is 0 Å². The van der Waals surface area contributed by atoms with E-state index in [-0.39, 0.29) is 0 Å². The molecular formula is C18H34N2O. The Hall–Kier alpha value is -0.600. The molecule has 2 rings (SSSR count). The molecule has 3 nitrogen and oxygen atoms in total. The fraction of sp³-hybridized carbons (Fsp3) is 0.778. The maximum atomic E-state index is 5.20. The first kappa shape index (κ1) is 20.4. The van der Waals surface area contributed by atoms with Gasteiger partial charge in [-0.3, -0.25) is 9.80 Å². The molecule has 0 saturated carbocycles. The molecule has 0 bridgehead atoms.